The van der Waals surface area contributed by atoms with Gasteiger partial charge < -0.3 is 4.74 Å². The van der Waals surface area contributed by atoms with Crippen molar-refractivity contribution in [1.29, 1.82) is 0 Å². The van der Waals surface area contributed by atoms with Crippen molar-refractivity contribution in [3.05, 3.63) is 36.4 Å². The molecule has 0 radical (unpaired) electrons. The standard InChI is InChI=1S/C14H11ClO3S/c1-2-3-10-18-13-8-9-14(19(15,16)17)12-7-5-4-6-11(12)13/h4-9H,10H2,1H3. The molecule has 0 saturated heterocycles. The van der Waals surface area contributed by atoms with E-state index in [-0.39, 0.29) is 11.5 Å². The normalized spacial score (nSPS) is 10.8. The van der Waals surface area contributed by atoms with Crippen molar-refractivity contribution in [3.63, 3.8) is 0 Å². The molecular formula is C14H11ClO3S. The molecule has 3 nitrogen and oxygen atoms in total. The first-order chi connectivity index (χ1) is 9.04. The lowest BCUT2D eigenvalue weighted by Gasteiger charge is -2.09. The Balaban J connectivity index is 2.61. The molecule has 0 N–H and O–H groups in total. The fourth-order valence-corrected chi connectivity index (χ4v) is 2.84. The van der Waals surface area contributed by atoms with Gasteiger partial charge in [0.05, 0.1) is 4.90 Å². The Bertz CT molecular complexity index is 770. The summed E-state index contributed by atoms with van der Waals surface area (Å²) in [6.45, 7) is 1.98. The Hall–Kier alpha value is -1.70. The monoisotopic (exact) mass is 294 g/mol. The van der Waals surface area contributed by atoms with Crippen LogP contribution in [0.4, 0.5) is 0 Å². The highest BCUT2D eigenvalue weighted by molar-refractivity contribution is 8.14. The first kappa shape index (κ1) is 13.7. The predicted molar refractivity (Wildman–Crippen MR) is 75.9 cm³/mol. The van der Waals surface area contributed by atoms with Gasteiger partial charge in [-0.05, 0) is 19.1 Å². The molecule has 2 aromatic rings. The second-order valence-corrected chi connectivity index (χ2v) is 6.30. The van der Waals surface area contributed by atoms with Crippen LogP contribution in [0.25, 0.3) is 10.8 Å². The quantitative estimate of drug-likeness (QED) is 0.645. The Kier molecular flexibility index (Phi) is 3.98. The number of ether oxygens (including phenoxy) is 1. The van der Waals surface area contributed by atoms with Crippen molar-refractivity contribution in [2.24, 2.45) is 0 Å². The first-order valence-corrected chi connectivity index (χ1v) is 7.84. The fraction of sp³-hybridized carbons (Fsp3) is 0.143. The second-order valence-electron chi connectivity index (χ2n) is 3.76. The van der Waals surface area contributed by atoms with Crippen LogP contribution in [-0.4, -0.2) is 15.0 Å². The summed E-state index contributed by atoms with van der Waals surface area (Å²) in [7, 11) is 1.64. The number of hydrogen-bond donors (Lipinski definition) is 0. The lowest BCUT2D eigenvalue weighted by molar-refractivity contribution is 0.374. The number of benzene rings is 2. The Morgan fingerprint density at radius 2 is 1.84 bits per heavy atom. The molecule has 0 bridgehead atoms. The van der Waals surface area contributed by atoms with E-state index in [4.69, 9.17) is 15.4 Å². The molecule has 19 heavy (non-hydrogen) atoms. The van der Waals surface area contributed by atoms with Crippen LogP contribution in [0.2, 0.25) is 0 Å². The van der Waals surface area contributed by atoms with Crippen LogP contribution in [0.1, 0.15) is 6.92 Å². The molecule has 0 aliphatic rings. The van der Waals surface area contributed by atoms with Gasteiger partial charge in [0.2, 0.25) is 0 Å². The van der Waals surface area contributed by atoms with Gasteiger partial charge >= 0.3 is 0 Å². The van der Waals surface area contributed by atoms with E-state index in [9.17, 15) is 8.42 Å². The third-order valence-electron chi connectivity index (χ3n) is 2.58. The van der Waals surface area contributed by atoms with Crippen molar-refractivity contribution < 1.29 is 13.2 Å². The summed E-state index contributed by atoms with van der Waals surface area (Å²) in [5.41, 5.74) is 0. The van der Waals surface area contributed by atoms with E-state index >= 15 is 0 Å². The highest BCUT2D eigenvalue weighted by atomic mass is 35.7. The van der Waals surface area contributed by atoms with Gasteiger partial charge in [0.1, 0.15) is 12.4 Å². The van der Waals surface area contributed by atoms with Gasteiger partial charge in [0, 0.05) is 21.5 Å². The maximum atomic E-state index is 11.5. The van der Waals surface area contributed by atoms with Crippen LogP contribution >= 0.6 is 10.7 Å². The lowest BCUT2D eigenvalue weighted by atomic mass is 10.1. The summed E-state index contributed by atoms with van der Waals surface area (Å²) in [6, 6.07) is 10.1. The molecule has 0 heterocycles. The van der Waals surface area contributed by atoms with E-state index in [1.54, 1.807) is 31.2 Å². The van der Waals surface area contributed by atoms with Crippen LogP contribution in [0.15, 0.2) is 41.3 Å². The van der Waals surface area contributed by atoms with Gasteiger partial charge in [-0.3, -0.25) is 0 Å². The minimum Gasteiger partial charge on any atom is -0.480 e. The van der Waals surface area contributed by atoms with E-state index < -0.39 is 9.05 Å². The molecule has 5 heteroatoms. The molecule has 0 aromatic heterocycles. The van der Waals surface area contributed by atoms with Gasteiger partial charge in [-0.2, -0.15) is 0 Å². The smallest absolute Gasteiger partial charge is 0.261 e. The average Bonchev–Trinajstić information content (AvgIpc) is 2.37. The van der Waals surface area contributed by atoms with E-state index in [0.29, 0.717) is 16.5 Å². The molecule has 2 rings (SSSR count). The van der Waals surface area contributed by atoms with Crippen molar-refractivity contribution in [2.45, 2.75) is 11.8 Å². The van der Waals surface area contributed by atoms with Crippen LogP contribution < -0.4 is 4.74 Å². The van der Waals surface area contributed by atoms with Crippen LogP contribution in [-0.2, 0) is 9.05 Å². The van der Waals surface area contributed by atoms with Gasteiger partial charge in [-0.25, -0.2) is 8.42 Å². The molecule has 0 spiro atoms. The van der Waals surface area contributed by atoms with E-state index in [1.165, 1.54) is 6.07 Å². The lowest BCUT2D eigenvalue weighted by Crippen LogP contribution is -1.97. The summed E-state index contributed by atoms with van der Waals surface area (Å²) in [5.74, 6) is 6.10. The average molecular weight is 295 g/mol. The third-order valence-corrected chi connectivity index (χ3v) is 3.96. The molecule has 0 fully saturated rings. The summed E-state index contributed by atoms with van der Waals surface area (Å²) in [6.07, 6.45) is 0. The minimum atomic E-state index is -3.78. The van der Waals surface area contributed by atoms with Crippen molar-refractivity contribution in [2.75, 3.05) is 6.61 Å². The summed E-state index contributed by atoms with van der Waals surface area (Å²) in [5, 5.41) is 1.24. The largest absolute Gasteiger partial charge is 0.480 e. The minimum absolute atomic E-state index is 0.0821. The molecule has 0 unspecified atom stereocenters. The highest BCUT2D eigenvalue weighted by Crippen LogP contribution is 2.32. The van der Waals surface area contributed by atoms with Gasteiger partial charge in [-0.1, -0.05) is 30.2 Å². The molecule has 0 saturated carbocycles. The zero-order valence-corrected chi connectivity index (χ0v) is 11.8. The zero-order valence-electron chi connectivity index (χ0n) is 10.2. The highest BCUT2D eigenvalue weighted by Gasteiger charge is 2.16. The van der Waals surface area contributed by atoms with Crippen molar-refractivity contribution >= 4 is 30.5 Å². The fourth-order valence-electron chi connectivity index (χ4n) is 1.77. The number of fused-ring (bicyclic) bond motifs is 1. The maximum absolute atomic E-state index is 11.5. The van der Waals surface area contributed by atoms with Crippen molar-refractivity contribution in [1.82, 2.24) is 0 Å². The molecule has 0 amide bonds. The molecule has 0 atom stereocenters. The van der Waals surface area contributed by atoms with E-state index in [1.807, 2.05) is 6.07 Å². The molecule has 98 valence electrons. The van der Waals surface area contributed by atoms with Crippen molar-refractivity contribution in [3.8, 4) is 17.6 Å². The Morgan fingerprint density at radius 1 is 1.16 bits per heavy atom. The zero-order chi connectivity index (χ0) is 13.9. The number of halogens is 1. The summed E-state index contributed by atoms with van der Waals surface area (Å²) >= 11 is 0. The second kappa shape index (κ2) is 5.52. The number of rotatable bonds is 3. The van der Waals surface area contributed by atoms with Gasteiger partial charge in [0.25, 0.3) is 9.05 Å². The SMILES string of the molecule is CC#CCOc1ccc(S(=O)(=O)Cl)c2ccccc12. The predicted octanol–water partition coefficient (Wildman–Crippen LogP) is 3.17. The molecule has 0 aliphatic heterocycles. The summed E-state index contributed by atoms with van der Waals surface area (Å²) < 4.78 is 28.6. The van der Waals surface area contributed by atoms with E-state index in [2.05, 4.69) is 11.8 Å². The van der Waals surface area contributed by atoms with E-state index in [0.717, 1.165) is 0 Å². The first-order valence-electron chi connectivity index (χ1n) is 5.53. The third kappa shape index (κ3) is 3.01. The summed E-state index contributed by atoms with van der Waals surface area (Å²) in [4.78, 5) is 0.0821. The van der Waals surface area contributed by atoms with Crippen LogP contribution in [0.3, 0.4) is 0 Å². The van der Waals surface area contributed by atoms with Crippen LogP contribution in [0.5, 0.6) is 5.75 Å². The topological polar surface area (TPSA) is 43.4 Å². The molecule has 2 aromatic carbocycles. The molecule has 0 aliphatic carbocycles. The van der Waals surface area contributed by atoms with Crippen LogP contribution in [0, 0.1) is 11.8 Å². The Labute approximate surface area is 116 Å². The van der Waals surface area contributed by atoms with Gasteiger partial charge in [-0.15, -0.1) is 5.92 Å². The molecular weight excluding hydrogens is 284 g/mol. The maximum Gasteiger partial charge on any atom is 0.261 e. The van der Waals surface area contributed by atoms with Gasteiger partial charge in [0.15, 0.2) is 0 Å². The Morgan fingerprint density at radius 3 is 2.47 bits per heavy atom. The number of hydrogen-bond acceptors (Lipinski definition) is 3.